The minimum atomic E-state index is 0.207. The second kappa shape index (κ2) is 9.27. The second-order valence-electron chi connectivity index (χ2n) is 7.72. The Kier molecular flexibility index (Phi) is 5.71. The second-order valence-corrected chi connectivity index (χ2v) is 7.72. The van der Waals surface area contributed by atoms with Crippen molar-refractivity contribution in [1.29, 1.82) is 5.26 Å². The number of rotatable bonds is 5. The molecule has 0 spiro atoms. The van der Waals surface area contributed by atoms with Gasteiger partial charge in [0.15, 0.2) is 0 Å². The molecule has 2 heterocycles. The van der Waals surface area contributed by atoms with Crippen molar-refractivity contribution in [3.63, 3.8) is 0 Å². The third-order valence-corrected chi connectivity index (χ3v) is 5.58. The molecule has 0 aliphatic carbocycles. The Morgan fingerprint density at radius 2 is 1.32 bits per heavy atom. The number of hydrogen-bond donors (Lipinski definition) is 1. The van der Waals surface area contributed by atoms with E-state index in [9.17, 15) is 5.26 Å². The van der Waals surface area contributed by atoms with Crippen molar-refractivity contribution in [3.8, 4) is 28.5 Å². The van der Waals surface area contributed by atoms with Gasteiger partial charge in [-0.05, 0) is 60.2 Å². The van der Waals surface area contributed by atoms with E-state index in [0.29, 0.717) is 11.3 Å². The zero-order valence-corrected chi connectivity index (χ0v) is 18.3. The SMILES string of the molecule is N#Cc1c(-c2ccc(N(c3ccccc3)c3ccccc3)cc2)cc(-c2cccnc2)nc1N. The maximum atomic E-state index is 9.77. The summed E-state index contributed by atoms with van der Waals surface area (Å²) in [6.07, 6.45) is 3.44. The fourth-order valence-corrected chi connectivity index (χ4v) is 3.96. The van der Waals surface area contributed by atoms with E-state index >= 15 is 0 Å². The molecule has 0 bridgehead atoms. The predicted octanol–water partition coefficient (Wildman–Crippen LogP) is 6.73. The van der Waals surface area contributed by atoms with Crippen molar-refractivity contribution in [2.75, 3.05) is 10.6 Å². The van der Waals surface area contributed by atoms with Crippen LogP contribution in [0.5, 0.6) is 0 Å². The summed E-state index contributed by atoms with van der Waals surface area (Å²) in [6, 6.07) is 36.5. The van der Waals surface area contributed by atoms with Gasteiger partial charge in [0.2, 0.25) is 0 Å². The minimum Gasteiger partial charge on any atom is -0.383 e. The van der Waals surface area contributed by atoms with Crippen molar-refractivity contribution < 1.29 is 0 Å². The lowest BCUT2D eigenvalue weighted by atomic mass is 9.98. The molecular weight excluding hydrogens is 418 g/mol. The number of nitrogen functional groups attached to an aromatic ring is 1. The molecule has 5 rings (SSSR count). The average molecular weight is 440 g/mol. The zero-order valence-electron chi connectivity index (χ0n) is 18.3. The molecule has 5 heteroatoms. The molecule has 3 aromatic carbocycles. The number of nitrogens with two attached hydrogens (primary N) is 1. The molecule has 5 aromatic rings. The highest BCUT2D eigenvalue weighted by Crippen LogP contribution is 2.36. The molecule has 162 valence electrons. The Morgan fingerprint density at radius 3 is 1.88 bits per heavy atom. The van der Waals surface area contributed by atoms with Crippen molar-refractivity contribution in [3.05, 3.63) is 121 Å². The Labute approximate surface area is 198 Å². The fraction of sp³-hybridized carbons (Fsp3) is 0. The van der Waals surface area contributed by atoms with Crippen molar-refractivity contribution in [2.45, 2.75) is 0 Å². The van der Waals surface area contributed by atoms with Crippen LogP contribution in [0.3, 0.4) is 0 Å². The number of hydrogen-bond acceptors (Lipinski definition) is 5. The van der Waals surface area contributed by atoms with Gasteiger partial charge in [0, 0.05) is 40.6 Å². The molecule has 2 N–H and O–H groups in total. The minimum absolute atomic E-state index is 0.207. The quantitative estimate of drug-likeness (QED) is 0.328. The third-order valence-electron chi connectivity index (χ3n) is 5.58. The van der Waals surface area contributed by atoms with E-state index in [1.165, 1.54) is 0 Å². The van der Waals surface area contributed by atoms with Crippen LogP contribution in [0.4, 0.5) is 22.9 Å². The molecule has 34 heavy (non-hydrogen) atoms. The van der Waals surface area contributed by atoms with Gasteiger partial charge >= 0.3 is 0 Å². The third kappa shape index (κ3) is 4.08. The molecule has 0 atom stereocenters. The first-order valence-corrected chi connectivity index (χ1v) is 10.9. The van der Waals surface area contributed by atoms with Gasteiger partial charge in [-0.15, -0.1) is 0 Å². The highest BCUT2D eigenvalue weighted by Gasteiger charge is 2.16. The lowest BCUT2D eigenvalue weighted by molar-refractivity contribution is 1.27. The van der Waals surface area contributed by atoms with Crippen LogP contribution in [0, 0.1) is 11.3 Å². The van der Waals surface area contributed by atoms with Gasteiger partial charge in [0.1, 0.15) is 17.5 Å². The van der Waals surface area contributed by atoms with Crippen LogP contribution >= 0.6 is 0 Å². The maximum absolute atomic E-state index is 9.77. The smallest absolute Gasteiger partial charge is 0.142 e. The van der Waals surface area contributed by atoms with Gasteiger partial charge < -0.3 is 10.6 Å². The first-order chi connectivity index (χ1) is 16.7. The molecule has 0 aliphatic rings. The molecule has 0 saturated carbocycles. The summed E-state index contributed by atoms with van der Waals surface area (Å²) >= 11 is 0. The van der Waals surface area contributed by atoms with Crippen LogP contribution in [-0.2, 0) is 0 Å². The number of pyridine rings is 2. The summed E-state index contributed by atoms with van der Waals surface area (Å²) < 4.78 is 0. The van der Waals surface area contributed by atoms with Crippen LogP contribution < -0.4 is 10.6 Å². The van der Waals surface area contributed by atoms with Gasteiger partial charge in [-0.3, -0.25) is 4.98 Å². The summed E-state index contributed by atoms with van der Waals surface area (Å²) in [5.74, 6) is 0.207. The normalized spacial score (nSPS) is 10.4. The first-order valence-electron chi connectivity index (χ1n) is 10.9. The van der Waals surface area contributed by atoms with Gasteiger partial charge in [0.05, 0.1) is 5.69 Å². The number of anilines is 4. The summed E-state index contributed by atoms with van der Waals surface area (Å²) in [7, 11) is 0. The highest BCUT2D eigenvalue weighted by molar-refractivity contribution is 5.82. The molecule has 0 radical (unpaired) electrons. The number of benzene rings is 3. The predicted molar refractivity (Wildman–Crippen MR) is 137 cm³/mol. The average Bonchev–Trinajstić information content (AvgIpc) is 2.90. The lowest BCUT2D eigenvalue weighted by Gasteiger charge is -2.25. The summed E-state index contributed by atoms with van der Waals surface area (Å²) in [5.41, 5.74) is 12.8. The van der Waals surface area contributed by atoms with E-state index in [4.69, 9.17) is 5.73 Å². The van der Waals surface area contributed by atoms with Crippen molar-refractivity contribution >= 4 is 22.9 Å². The Balaban J connectivity index is 1.59. The molecule has 0 aliphatic heterocycles. The number of aromatic nitrogens is 2. The van der Waals surface area contributed by atoms with Gasteiger partial charge in [0.25, 0.3) is 0 Å². The Morgan fingerprint density at radius 1 is 0.706 bits per heavy atom. The standard InChI is InChI=1S/C29H21N5/c30-19-27-26(18-28(33-29(27)31)22-8-7-17-32-20-22)21-13-15-25(16-14-21)34(23-9-3-1-4-10-23)24-11-5-2-6-12-24/h1-18,20H,(H2,31,33). The molecule has 0 unspecified atom stereocenters. The van der Waals surface area contributed by atoms with Crippen molar-refractivity contribution in [1.82, 2.24) is 9.97 Å². The number of para-hydroxylation sites is 2. The molecule has 0 amide bonds. The molecular formula is C29H21N5. The first kappa shape index (κ1) is 20.9. The molecule has 5 nitrogen and oxygen atoms in total. The van der Waals surface area contributed by atoms with Crippen LogP contribution in [0.15, 0.2) is 116 Å². The van der Waals surface area contributed by atoms with Crippen LogP contribution in [-0.4, -0.2) is 9.97 Å². The van der Waals surface area contributed by atoms with Gasteiger partial charge in [-0.2, -0.15) is 5.26 Å². The lowest BCUT2D eigenvalue weighted by Crippen LogP contribution is -2.09. The van der Waals surface area contributed by atoms with E-state index in [0.717, 1.165) is 33.8 Å². The summed E-state index contributed by atoms with van der Waals surface area (Å²) in [6.45, 7) is 0. The largest absolute Gasteiger partial charge is 0.383 e. The topological polar surface area (TPSA) is 78.8 Å². The van der Waals surface area contributed by atoms with Gasteiger partial charge in [-0.1, -0.05) is 48.5 Å². The molecule has 0 fully saturated rings. The molecule has 0 saturated heterocycles. The zero-order chi connectivity index (χ0) is 23.3. The van der Waals surface area contributed by atoms with E-state index in [-0.39, 0.29) is 5.82 Å². The maximum Gasteiger partial charge on any atom is 0.142 e. The Bertz CT molecular complexity index is 1400. The van der Waals surface area contributed by atoms with E-state index in [1.54, 1.807) is 12.4 Å². The fourth-order valence-electron chi connectivity index (χ4n) is 3.96. The van der Waals surface area contributed by atoms with E-state index in [1.807, 2.05) is 66.7 Å². The van der Waals surface area contributed by atoms with E-state index < -0.39 is 0 Å². The number of nitrogens with zero attached hydrogens (tertiary/aromatic N) is 4. The monoisotopic (exact) mass is 439 g/mol. The highest BCUT2D eigenvalue weighted by atomic mass is 15.1. The van der Waals surface area contributed by atoms with Crippen LogP contribution in [0.25, 0.3) is 22.4 Å². The number of nitriles is 1. The summed E-state index contributed by atoms with van der Waals surface area (Å²) in [5, 5.41) is 9.77. The Hall–Kier alpha value is -4.95. The van der Waals surface area contributed by atoms with Gasteiger partial charge in [-0.25, -0.2) is 4.98 Å². The van der Waals surface area contributed by atoms with Crippen LogP contribution in [0.1, 0.15) is 5.56 Å². The molecule has 2 aromatic heterocycles. The van der Waals surface area contributed by atoms with Crippen LogP contribution in [0.2, 0.25) is 0 Å². The van der Waals surface area contributed by atoms with E-state index in [2.05, 4.69) is 57.3 Å². The summed E-state index contributed by atoms with van der Waals surface area (Å²) in [4.78, 5) is 10.8. The van der Waals surface area contributed by atoms with Crippen molar-refractivity contribution in [2.24, 2.45) is 0 Å².